The van der Waals surface area contributed by atoms with Gasteiger partial charge in [-0.2, -0.15) is 0 Å². The van der Waals surface area contributed by atoms with Gasteiger partial charge >= 0.3 is 0 Å². The Morgan fingerprint density at radius 2 is 1.69 bits per heavy atom. The van der Waals surface area contributed by atoms with E-state index in [0.29, 0.717) is 5.92 Å². The minimum absolute atomic E-state index is 0.266. The fourth-order valence-corrected chi connectivity index (χ4v) is 1.57. The van der Waals surface area contributed by atoms with Crippen LogP contribution in [0.2, 0.25) is 0 Å². The molecule has 0 aliphatic heterocycles. The van der Waals surface area contributed by atoms with Crippen LogP contribution >= 0.6 is 0 Å². The molecular formula is C14H23NO. The second kappa shape index (κ2) is 4.88. The average molecular weight is 221 g/mol. The maximum atomic E-state index is 9.98. The predicted octanol–water partition coefficient (Wildman–Crippen LogP) is 4.19. The van der Waals surface area contributed by atoms with E-state index in [4.69, 9.17) is 0 Å². The van der Waals surface area contributed by atoms with E-state index in [0.717, 1.165) is 12.1 Å². The van der Waals surface area contributed by atoms with Gasteiger partial charge in [-0.15, -0.1) is 0 Å². The molecule has 1 aromatic carbocycles. The van der Waals surface area contributed by atoms with Crippen molar-refractivity contribution in [2.24, 2.45) is 0 Å². The molecule has 16 heavy (non-hydrogen) atoms. The summed E-state index contributed by atoms with van der Waals surface area (Å²) >= 11 is 0. The highest BCUT2D eigenvalue weighted by Gasteiger charge is 2.19. The molecular weight excluding hydrogens is 198 g/mol. The Bertz CT molecular complexity index is 324. The van der Waals surface area contributed by atoms with Crippen LogP contribution in [-0.2, 0) is 0 Å². The van der Waals surface area contributed by atoms with Gasteiger partial charge in [0.2, 0.25) is 0 Å². The van der Waals surface area contributed by atoms with E-state index in [1.807, 2.05) is 32.9 Å². The highest BCUT2D eigenvalue weighted by Crippen LogP contribution is 2.25. The van der Waals surface area contributed by atoms with E-state index in [-0.39, 0.29) is 5.54 Å². The van der Waals surface area contributed by atoms with Crippen molar-refractivity contribution in [2.45, 2.75) is 52.5 Å². The third kappa shape index (κ3) is 2.99. The van der Waals surface area contributed by atoms with Crippen molar-refractivity contribution in [2.75, 3.05) is 5.06 Å². The number of nitrogens with zero attached hydrogens (tertiary/aromatic N) is 1. The molecule has 0 fully saturated rings. The summed E-state index contributed by atoms with van der Waals surface area (Å²) in [6, 6.07) is 8.15. The van der Waals surface area contributed by atoms with Crippen LogP contribution in [0.25, 0.3) is 0 Å². The Labute approximate surface area is 98.9 Å². The molecule has 0 radical (unpaired) electrons. The topological polar surface area (TPSA) is 23.5 Å². The Kier molecular flexibility index (Phi) is 3.98. The lowest BCUT2D eigenvalue weighted by molar-refractivity contribution is 0.181. The highest BCUT2D eigenvalue weighted by atomic mass is 16.5. The van der Waals surface area contributed by atoms with Gasteiger partial charge < -0.3 is 0 Å². The summed E-state index contributed by atoms with van der Waals surface area (Å²) in [4.78, 5) is 0. The van der Waals surface area contributed by atoms with Crippen LogP contribution in [0.3, 0.4) is 0 Å². The summed E-state index contributed by atoms with van der Waals surface area (Å²) < 4.78 is 0. The van der Waals surface area contributed by atoms with Crippen molar-refractivity contribution < 1.29 is 5.21 Å². The Morgan fingerprint density at radius 3 is 2.06 bits per heavy atom. The lowest BCUT2D eigenvalue weighted by atomic mass is 9.98. The fourth-order valence-electron chi connectivity index (χ4n) is 1.57. The zero-order chi connectivity index (χ0) is 12.3. The quantitative estimate of drug-likeness (QED) is 0.773. The van der Waals surface area contributed by atoms with Gasteiger partial charge in [0.05, 0.1) is 11.2 Å². The number of rotatable bonds is 3. The molecule has 1 N–H and O–H groups in total. The van der Waals surface area contributed by atoms with Crippen molar-refractivity contribution in [1.29, 1.82) is 0 Å². The van der Waals surface area contributed by atoms with Gasteiger partial charge in [-0.05, 0) is 50.8 Å². The largest absolute Gasteiger partial charge is 0.288 e. The first-order chi connectivity index (χ1) is 7.36. The van der Waals surface area contributed by atoms with Crippen molar-refractivity contribution >= 4 is 5.69 Å². The molecule has 0 heterocycles. The normalized spacial score (nSPS) is 13.6. The minimum atomic E-state index is -0.266. The summed E-state index contributed by atoms with van der Waals surface area (Å²) in [6.07, 6.45) is 1.14. The minimum Gasteiger partial charge on any atom is -0.288 e. The van der Waals surface area contributed by atoms with Gasteiger partial charge in [-0.1, -0.05) is 26.0 Å². The second-order valence-electron chi connectivity index (χ2n) is 5.38. The molecule has 0 aromatic heterocycles. The smallest absolute Gasteiger partial charge is 0.0640 e. The molecule has 0 saturated carbocycles. The Hall–Kier alpha value is -1.02. The van der Waals surface area contributed by atoms with Gasteiger partial charge in [0.15, 0.2) is 0 Å². The van der Waals surface area contributed by atoms with Crippen molar-refractivity contribution in [3.63, 3.8) is 0 Å². The molecule has 0 aliphatic carbocycles. The number of hydrogen-bond acceptors (Lipinski definition) is 2. The van der Waals surface area contributed by atoms with Crippen LogP contribution in [0.15, 0.2) is 24.3 Å². The fraction of sp³-hybridized carbons (Fsp3) is 0.571. The van der Waals surface area contributed by atoms with Crippen LogP contribution in [0.5, 0.6) is 0 Å². The summed E-state index contributed by atoms with van der Waals surface area (Å²) in [5.41, 5.74) is 1.91. The van der Waals surface area contributed by atoms with Gasteiger partial charge in [0.25, 0.3) is 0 Å². The van der Waals surface area contributed by atoms with E-state index in [1.54, 1.807) is 0 Å². The molecule has 0 saturated heterocycles. The number of benzene rings is 1. The molecule has 90 valence electrons. The number of hydroxylamine groups is 1. The van der Waals surface area contributed by atoms with Gasteiger partial charge in [0, 0.05) is 0 Å². The maximum Gasteiger partial charge on any atom is 0.0640 e. The maximum absolute atomic E-state index is 9.98. The van der Waals surface area contributed by atoms with Crippen LogP contribution in [0, 0.1) is 0 Å². The molecule has 1 aromatic rings. The standard InChI is InChI=1S/C14H23NO/c1-6-11(2)12-7-9-13(10-8-12)15(16)14(3,4)5/h7-11,16H,6H2,1-5H3. The summed E-state index contributed by atoms with van der Waals surface area (Å²) in [5.74, 6) is 0.579. The van der Waals surface area contributed by atoms with Crippen LogP contribution in [0.1, 0.15) is 52.5 Å². The van der Waals surface area contributed by atoms with E-state index in [9.17, 15) is 5.21 Å². The Balaban J connectivity index is 2.87. The van der Waals surface area contributed by atoms with E-state index in [1.165, 1.54) is 10.6 Å². The molecule has 2 nitrogen and oxygen atoms in total. The molecule has 0 spiro atoms. The van der Waals surface area contributed by atoms with Gasteiger partial charge in [-0.3, -0.25) is 10.3 Å². The lowest BCUT2D eigenvalue weighted by Crippen LogP contribution is -2.38. The summed E-state index contributed by atoms with van der Waals surface area (Å²) in [6.45, 7) is 10.3. The molecule has 1 rings (SSSR count). The van der Waals surface area contributed by atoms with E-state index < -0.39 is 0 Å². The third-order valence-electron chi connectivity index (χ3n) is 2.95. The van der Waals surface area contributed by atoms with Crippen molar-refractivity contribution in [1.82, 2.24) is 0 Å². The first kappa shape index (κ1) is 13.0. The molecule has 0 amide bonds. The molecule has 0 bridgehead atoms. The first-order valence-electron chi connectivity index (χ1n) is 5.95. The molecule has 1 atom stereocenters. The zero-order valence-electron chi connectivity index (χ0n) is 11.0. The van der Waals surface area contributed by atoms with Crippen LogP contribution in [-0.4, -0.2) is 10.7 Å². The predicted molar refractivity (Wildman–Crippen MR) is 69.2 cm³/mol. The number of anilines is 1. The van der Waals surface area contributed by atoms with Crippen LogP contribution in [0.4, 0.5) is 5.69 Å². The molecule has 0 aliphatic rings. The highest BCUT2D eigenvalue weighted by molar-refractivity contribution is 5.47. The Morgan fingerprint density at radius 1 is 1.19 bits per heavy atom. The van der Waals surface area contributed by atoms with Crippen molar-refractivity contribution in [3.8, 4) is 0 Å². The second-order valence-corrected chi connectivity index (χ2v) is 5.38. The van der Waals surface area contributed by atoms with Gasteiger partial charge in [0.1, 0.15) is 0 Å². The zero-order valence-corrected chi connectivity index (χ0v) is 11.0. The monoisotopic (exact) mass is 221 g/mol. The van der Waals surface area contributed by atoms with Crippen LogP contribution < -0.4 is 5.06 Å². The molecule has 1 unspecified atom stereocenters. The lowest BCUT2D eigenvalue weighted by Gasteiger charge is -2.31. The third-order valence-corrected chi connectivity index (χ3v) is 2.95. The average Bonchev–Trinajstić information content (AvgIpc) is 2.26. The SMILES string of the molecule is CCC(C)c1ccc(N(O)C(C)(C)C)cc1. The summed E-state index contributed by atoms with van der Waals surface area (Å²) in [5, 5.41) is 11.3. The molecule has 2 heteroatoms. The van der Waals surface area contributed by atoms with E-state index >= 15 is 0 Å². The van der Waals surface area contributed by atoms with E-state index in [2.05, 4.69) is 26.0 Å². The van der Waals surface area contributed by atoms with Crippen molar-refractivity contribution in [3.05, 3.63) is 29.8 Å². The first-order valence-corrected chi connectivity index (χ1v) is 5.95. The number of hydrogen-bond donors (Lipinski definition) is 1. The summed E-state index contributed by atoms with van der Waals surface area (Å²) in [7, 11) is 0. The van der Waals surface area contributed by atoms with Gasteiger partial charge in [-0.25, -0.2) is 0 Å².